The average Bonchev–Trinajstić information content (AvgIpc) is 3.12. The number of amides is 1. The quantitative estimate of drug-likeness (QED) is 0.548. The van der Waals surface area contributed by atoms with Crippen LogP contribution >= 0.6 is 11.3 Å². The predicted molar refractivity (Wildman–Crippen MR) is 122 cm³/mol. The second kappa shape index (κ2) is 9.30. The number of carbonyl (C=O) groups is 1. The summed E-state index contributed by atoms with van der Waals surface area (Å²) in [7, 11) is 3.12. The Kier molecular flexibility index (Phi) is 6.77. The van der Waals surface area contributed by atoms with Crippen LogP contribution in [0.3, 0.4) is 0 Å². The molecule has 0 aliphatic rings. The zero-order valence-electron chi connectivity index (χ0n) is 18.4. The number of aromatic nitrogens is 1. The summed E-state index contributed by atoms with van der Waals surface area (Å²) < 4.78 is 12.7. The van der Waals surface area contributed by atoms with E-state index in [2.05, 4.69) is 55.5 Å². The van der Waals surface area contributed by atoms with Crippen molar-refractivity contribution >= 4 is 17.2 Å². The van der Waals surface area contributed by atoms with Gasteiger partial charge in [0.05, 0.1) is 19.9 Å². The molecule has 1 aromatic heterocycles. The molecule has 0 N–H and O–H groups in total. The summed E-state index contributed by atoms with van der Waals surface area (Å²) in [6, 6.07) is 11.6. The summed E-state index contributed by atoms with van der Waals surface area (Å²) in [5, 5.41) is 0. The van der Waals surface area contributed by atoms with E-state index in [4.69, 9.17) is 9.47 Å². The number of thiazole rings is 1. The Hall–Kier alpha value is -2.86. The minimum atomic E-state index is -0.298. The van der Waals surface area contributed by atoms with Crippen molar-refractivity contribution in [3.8, 4) is 22.8 Å². The number of ether oxygens (including phenoxy) is 2. The van der Waals surface area contributed by atoms with Crippen LogP contribution in [0.15, 0.2) is 41.4 Å². The van der Waals surface area contributed by atoms with Gasteiger partial charge in [-0.2, -0.15) is 4.99 Å². The van der Waals surface area contributed by atoms with E-state index >= 15 is 0 Å². The standard InChI is InChI=1S/C24H28N2O3S/c1-7-21-22(17-10-9-15(3)16(4)13-17)26(8-2)24(30-21)25-23(27)18-11-12-19(28-5)20(14-18)29-6/h9-14H,7-8H2,1-6H3. The summed E-state index contributed by atoms with van der Waals surface area (Å²) in [6.07, 6.45) is 0.882. The van der Waals surface area contributed by atoms with Gasteiger partial charge in [0, 0.05) is 17.0 Å². The largest absolute Gasteiger partial charge is 0.493 e. The number of benzene rings is 2. The second-order valence-electron chi connectivity index (χ2n) is 7.04. The lowest BCUT2D eigenvalue weighted by Gasteiger charge is -2.10. The highest BCUT2D eigenvalue weighted by molar-refractivity contribution is 7.09. The third kappa shape index (κ3) is 4.19. The van der Waals surface area contributed by atoms with Crippen molar-refractivity contribution in [3.05, 3.63) is 62.8 Å². The molecule has 0 aliphatic heterocycles. The zero-order valence-corrected chi connectivity index (χ0v) is 19.2. The molecule has 0 saturated heterocycles. The van der Waals surface area contributed by atoms with Crippen LogP contribution in [0.5, 0.6) is 11.5 Å². The van der Waals surface area contributed by atoms with Gasteiger partial charge in [-0.05, 0) is 68.1 Å². The minimum absolute atomic E-state index is 0.298. The van der Waals surface area contributed by atoms with Gasteiger partial charge in [0.15, 0.2) is 16.3 Å². The van der Waals surface area contributed by atoms with Crippen molar-refractivity contribution in [2.75, 3.05) is 14.2 Å². The lowest BCUT2D eigenvalue weighted by atomic mass is 10.0. The number of hydrogen-bond donors (Lipinski definition) is 0. The lowest BCUT2D eigenvalue weighted by molar-refractivity contribution is 0.0997. The van der Waals surface area contributed by atoms with Crippen LogP contribution < -0.4 is 14.3 Å². The van der Waals surface area contributed by atoms with Gasteiger partial charge in [0.25, 0.3) is 5.91 Å². The molecule has 1 amide bonds. The summed E-state index contributed by atoms with van der Waals surface area (Å²) in [5.41, 5.74) is 5.29. The van der Waals surface area contributed by atoms with E-state index in [0.717, 1.165) is 24.2 Å². The van der Waals surface area contributed by atoms with E-state index < -0.39 is 0 Å². The molecule has 0 saturated carbocycles. The van der Waals surface area contributed by atoms with Crippen molar-refractivity contribution < 1.29 is 14.3 Å². The molecule has 1 heterocycles. The molecule has 158 valence electrons. The van der Waals surface area contributed by atoms with E-state index in [-0.39, 0.29) is 5.91 Å². The molecule has 0 radical (unpaired) electrons. The fourth-order valence-corrected chi connectivity index (χ4v) is 4.55. The fraction of sp³-hybridized carbons (Fsp3) is 0.333. The Morgan fingerprint density at radius 3 is 2.33 bits per heavy atom. The number of aryl methyl sites for hydroxylation is 3. The average molecular weight is 425 g/mol. The molecule has 3 aromatic rings. The molecule has 6 heteroatoms. The van der Waals surface area contributed by atoms with Crippen LogP contribution in [-0.2, 0) is 13.0 Å². The minimum Gasteiger partial charge on any atom is -0.493 e. The number of carbonyl (C=O) groups excluding carboxylic acids is 1. The molecule has 0 spiro atoms. The van der Waals surface area contributed by atoms with Gasteiger partial charge in [-0.15, -0.1) is 11.3 Å². The summed E-state index contributed by atoms with van der Waals surface area (Å²) in [6.45, 7) is 9.19. The highest BCUT2D eigenvalue weighted by Gasteiger charge is 2.16. The van der Waals surface area contributed by atoms with Crippen LogP contribution in [0.2, 0.25) is 0 Å². The smallest absolute Gasteiger partial charge is 0.279 e. The van der Waals surface area contributed by atoms with Gasteiger partial charge in [-0.3, -0.25) is 4.79 Å². The van der Waals surface area contributed by atoms with Gasteiger partial charge >= 0.3 is 0 Å². The van der Waals surface area contributed by atoms with E-state index in [9.17, 15) is 4.79 Å². The normalized spacial score (nSPS) is 11.6. The van der Waals surface area contributed by atoms with Gasteiger partial charge in [-0.25, -0.2) is 0 Å². The fourth-order valence-electron chi connectivity index (χ4n) is 3.40. The number of hydrogen-bond acceptors (Lipinski definition) is 4. The van der Waals surface area contributed by atoms with Gasteiger partial charge < -0.3 is 14.0 Å². The monoisotopic (exact) mass is 424 g/mol. The zero-order chi connectivity index (χ0) is 21.8. The number of rotatable bonds is 6. The molecule has 2 aromatic carbocycles. The number of nitrogens with zero attached hydrogens (tertiary/aromatic N) is 2. The van der Waals surface area contributed by atoms with Crippen LogP contribution in [-0.4, -0.2) is 24.7 Å². The maximum atomic E-state index is 12.9. The molecule has 3 rings (SSSR count). The van der Waals surface area contributed by atoms with Crippen molar-refractivity contribution in [2.24, 2.45) is 4.99 Å². The van der Waals surface area contributed by atoms with Crippen molar-refractivity contribution in [1.29, 1.82) is 0 Å². The first-order valence-electron chi connectivity index (χ1n) is 10.0. The van der Waals surface area contributed by atoms with Gasteiger partial charge in [-0.1, -0.05) is 19.1 Å². The maximum Gasteiger partial charge on any atom is 0.279 e. The first-order chi connectivity index (χ1) is 14.4. The van der Waals surface area contributed by atoms with Gasteiger partial charge in [0.2, 0.25) is 0 Å². The highest BCUT2D eigenvalue weighted by atomic mass is 32.1. The van der Waals surface area contributed by atoms with Crippen LogP contribution in [0.4, 0.5) is 0 Å². The molecule has 0 aliphatic carbocycles. The van der Waals surface area contributed by atoms with Crippen molar-refractivity contribution in [1.82, 2.24) is 4.57 Å². The molecule has 30 heavy (non-hydrogen) atoms. The Bertz CT molecular complexity index is 1140. The molecule has 5 nitrogen and oxygen atoms in total. The van der Waals surface area contributed by atoms with Crippen molar-refractivity contribution in [3.63, 3.8) is 0 Å². The summed E-state index contributed by atoms with van der Waals surface area (Å²) in [5.74, 6) is 0.797. The molecule has 0 fully saturated rings. The lowest BCUT2D eigenvalue weighted by Crippen LogP contribution is -2.17. The van der Waals surface area contributed by atoms with E-state index in [0.29, 0.717) is 21.9 Å². The Morgan fingerprint density at radius 1 is 1.00 bits per heavy atom. The van der Waals surface area contributed by atoms with E-state index in [1.807, 2.05) is 0 Å². The third-order valence-electron chi connectivity index (χ3n) is 5.22. The Morgan fingerprint density at radius 2 is 1.73 bits per heavy atom. The van der Waals surface area contributed by atoms with E-state index in [1.165, 1.54) is 16.0 Å². The molecule has 0 atom stereocenters. The first kappa shape index (κ1) is 21.8. The van der Waals surface area contributed by atoms with Crippen LogP contribution in [0.25, 0.3) is 11.3 Å². The van der Waals surface area contributed by atoms with Crippen LogP contribution in [0, 0.1) is 13.8 Å². The van der Waals surface area contributed by atoms with E-state index in [1.54, 1.807) is 43.8 Å². The van der Waals surface area contributed by atoms with Crippen molar-refractivity contribution in [2.45, 2.75) is 40.7 Å². The SMILES string of the molecule is CCc1sc(=NC(=O)c2ccc(OC)c(OC)c2)n(CC)c1-c1ccc(C)c(C)c1. The maximum absolute atomic E-state index is 12.9. The molecular formula is C24H28N2O3S. The predicted octanol–water partition coefficient (Wildman–Crippen LogP) is 5.17. The summed E-state index contributed by atoms with van der Waals surface area (Å²) in [4.78, 5) is 19.3. The Balaban J connectivity index is 2.12. The highest BCUT2D eigenvalue weighted by Crippen LogP contribution is 2.29. The molecular weight excluding hydrogens is 396 g/mol. The summed E-state index contributed by atoms with van der Waals surface area (Å²) >= 11 is 1.58. The topological polar surface area (TPSA) is 52.8 Å². The molecule has 0 bridgehead atoms. The molecule has 0 unspecified atom stereocenters. The first-order valence-corrected chi connectivity index (χ1v) is 10.9. The Labute approximate surface area is 181 Å². The van der Waals surface area contributed by atoms with Gasteiger partial charge in [0.1, 0.15) is 0 Å². The number of methoxy groups -OCH3 is 2. The second-order valence-corrected chi connectivity index (χ2v) is 8.10. The third-order valence-corrected chi connectivity index (χ3v) is 6.45. The van der Waals surface area contributed by atoms with Crippen LogP contribution in [0.1, 0.15) is 40.2 Å².